The molecule has 10 rings (SSSR count). The van der Waals surface area contributed by atoms with Crippen molar-refractivity contribution in [2.24, 2.45) is 0 Å². The Kier molecular flexibility index (Phi) is 34.7. The Morgan fingerprint density at radius 3 is 1.19 bits per heavy atom. The molecule has 2 aliphatic heterocycles. The summed E-state index contributed by atoms with van der Waals surface area (Å²) in [5.74, 6) is 2.07. The molecule has 102 heavy (non-hydrogen) atoms. The number of nitrogen functional groups attached to an aromatic ring is 3. The Bertz CT molecular complexity index is 3530. The molecule has 2 saturated heterocycles. The van der Waals surface area contributed by atoms with E-state index >= 15 is 0 Å². The van der Waals surface area contributed by atoms with E-state index in [1.54, 1.807) is 96.5 Å². The van der Waals surface area contributed by atoms with Gasteiger partial charge in [-0.1, -0.05) is 77.7 Å². The molecule has 549 valence electrons. The summed E-state index contributed by atoms with van der Waals surface area (Å²) in [6.07, 6.45) is 15.2. The summed E-state index contributed by atoms with van der Waals surface area (Å²) in [5.41, 5.74) is 23.3. The SMILES string of the molecule is CC(C)(C)OC(=O)N1CCCC(c2ccc(N)cc2)C1.CC(C)(C)OC(=O)N1CCC[C@@H](c2ccc(N)cc2)C1.CC(C)(C)OC(=O)OC(=O)OC(C)(C)C.Nc1ccc(C2CCCCC2)cc1.O=[N+]([O-])c1ccc(-c2cccnc2)cc1.O=[N+]([O-])c1ccc(Br)cc1.O[B]Oc1cccnc1. The predicted molar refractivity (Wildman–Crippen MR) is 401 cm³/mol. The lowest BCUT2D eigenvalue weighted by atomic mass is 9.84. The predicted octanol–water partition coefficient (Wildman–Crippen LogP) is 18.0. The number of non-ortho nitro benzene ring substituents is 2. The first kappa shape index (κ1) is 84.6. The Labute approximate surface area is 608 Å². The number of hydrogen-bond acceptors (Lipinski definition) is 20. The van der Waals surface area contributed by atoms with Gasteiger partial charge in [0.1, 0.15) is 28.2 Å². The lowest BCUT2D eigenvalue weighted by Gasteiger charge is -2.34. The third-order valence-corrected chi connectivity index (χ3v) is 15.4. The van der Waals surface area contributed by atoms with Crippen LogP contribution in [0.1, 0.15) is 175 Å². The van der Waals surface area contributed by atoms with Gasteiger partial charge < -0.3 is 60.4 Å². The van der Waals surface area contributed by atoms with E-state index in [9.17, 15) is 39.4 Å². The number of amides is 2. The highest BCUT2D eigenvalue weighted by Crippen LogP contribution is 2.34. The van der Waals surface area contributed by atoms with Crippen molar-refractivity contribution in [3.8, 4) is 16.9 Å². The molecule has 1 aliphatic carbocycles. The van der Waals surface area contributed by atoms with Crippen molar-refractivity contribution in [1.82, 2.24) is 19.8 Å². The Morgan fingerprint density at radius 2 is 0.843 bits per heavy atom. The maximum atomic E-state index is 12.1. The largest absolute Gasteiger partial charge is 0.569 e. The summed E-state index contributed by atoms with van der Waals surface area (Å²) < 4.78 is 30.1. The third kappa shape index (κ3) is 35.0. The van der Waals surface area contributed by atoms with Gasteiger partial charge in [0.2, 0.25) is 0 Å². The molecular formula is C76H100BBrN9O15. The second-order valence-electron chi connectivity index (χ2n) is 28.1. The number of piperidine rings is 2. The fourth-order valence-electron chi connectivity index (χ4n) is 10.2. The summed E-state index contributed by atoms with van der Waals surface area (Å²) in [4.78, 5) is 77.3. The number of aromatic nitrogens is 2. The topological polar surface area (TPSA) is 340 Å². The van der Waals surface area contributed by atoms with Crippen molar-refractivity contribution in [3.63, 3.8) is 0 Å². The molecular weight excluding hydrogens is 1370 g/mol. The first-order valence-electron chi connectivity index (χ1n) is 33.7. The Hall–Kier alpha value is -9.82. The lowest BCUT2D eigenvalue weighted by Crippen LogP contribution is -2.42. The summed E-state index contributed by atoms with van der Waals surface area (Å²) in [7, 11) is 0.622. The number of nitrogens with two attached hydrogens (primary N) is 3. The molecule has 1 radical (unpaired) electrons. The molecule has 7 N–H and O–H groups in total. The fraction of sp³-hybridized carbons (Fsp3) is 0.421. The van der Waals surface area contributed by atoms with Crippen LogP contribution < -0.4 is 21.9 Å². The molecule has 4 heterocycles. The van der Waals surface area contributed by atoms with E-state index in [4.69, 9.17) is 41.2 Å². The van der Waals surface area contributed by atoms with Crippen molar-refractivity contribution in [3.05, 3.63) is 212 Å². The molecule has 2 amide bonds. The second-order valence-corrected chi connectivity index (χ2v) is 29.0. The molecule has 26 heteroatoms. The van der Waals surface area contributed by atoms with Gasteiger partial charge in [-0.25, -0.2) is 19.2 Å². The van der Waals surface area contributed by atoms with Gasteiger partial charge >= 0.3 is 32.2 Å². The van der Waals surface area contributed by atoms with Crippen LogP contribution in [-0.4, -0.2) is 115 Å². The van der Waals surface area contributed by atoms with Crippen LogP contribution in [0.25, 0.3) is 11.1 Å². The number of pyridine rings is 2. The minimum absolute atomic E-state index is 0.0997. The van der Waals surface area contributed by atoms with Gasteiger partial charge in [0.25, 0.3) is 11.4 Å². The van der Waals surface area contributed by atoms with Crippen LogP contribution in [0.5, 0.6) is 5.75 Å². The molecule has 2 atom stereocenters. The molecule has 7 aromatic rings. The van der Waals surface area contributed by atoms with Gasteiger partial charge in [0.05, 0.1) is 16.0 Å². The second kappa shape index (κ2) is 41.8. The number of anilines is 3. The zero-order valence-corrected chi connectivity index (χ0v) is 62.2. The fourth-order valence-corrected chi connectivity index (χ4v) is 10.4. The van der Waals surface area contributed by atoms with Crippen LogP contribution >= 0.6 is 15.9 Å². The number of ether oxygens (including phenoxy) is 5. The van der Waals surface area contributed by atoms with Crippen LogP contribution in [0, 0.1) is 20.2 Å². The maximum absolute atomic E-state index is 12.1. The summed E-state index contributed by atoms with van der Waals surface area (Å²) >= 11 is 3.17. The summed E-state index contributed by atoms with van der Waals surface area (Å²) in [6, 6.07) is 44.0. The Morgan fingerprint density at radius 1 is 0.480 bits per heavy atom. The molecule has 2 aromatic heterocycles. The van der Waals surface area contributed by atoms with Gasteiger partial charge in [-0.3, -0.25) is 30.2 Å². The van der Waals surface area contributed by atoms with E-state index < -0.39 is 44.6 Å². The number of carbonyl (C=O) groups excluding carboxylic acids is 4. The van der Waals surface area contributed by atoms with Gasteiger partial charge in [0, 0.05) is 102 Å². The van der Waals surface area contributed by atoms with Gasteiger partial charge in [-0.15, -0.1) is 0 Å². The minimum atomic E-state index is -1.06. The standard InChI is InChI=1S/2C16H24N2O2.C12H17N.C11H8N2O2.C10H18O5.C6H4BrNO2.C5H5BNO2/c2*1-16(2,3)20-15(19)18-10-4-5-13(11-18)12-6-8-14(17)9-7-12;13-12-8-6-11(7-9-12)10-4-2-1-3-5-10;14-13(15)11-5-3-9(4-6-11)10-2-1-7-12-8-10;1-9(2,3)14-7(11)13-8(12)15-10(4,5)6;7-5-1-3-6(4-2-5)8(9)10;8-6-9-5-2-1-3-7-4-5/h2*6-9,13H,4-5,10-11,17H2,1-3H3;6-10H,1-5,13H2;1-8H;1-6H3;1-4H;1-4,8H/t13-;;;;;;/m1....../s1. The highest BCUT2D eigenvalue weighted by molar-refractivity contribution is 9.10. The molecule has 0 bridgehead atoms. The van der Waals surface area contributed by atoms with Crippen molar-refractivity contribution in [1.29, 1.82) is 0 Å². The van der Waals surface area contributed by atoms with Crippen LogP contribution in [0.3, 0.4) is 0 Å². The van der Waals surface area contributed by atoms with Crippen molar-refractivity contribution in [2.45, 2.75) is 181 Å². The molecule has 24 nitrogen and oxygen atoms in total. The minimum Gasteiger partial charge on any atom is -0.536 e. The van der Waals surface area contributed by atoms with Gasteiger partial charge in [-0.2, -0.15) is 0 Å². The van der Waals surface area contributed by atoms with E-state index in [-0.39, 0.29) is 23.6 Å². The first-order valence-corrected chi connectivity index (χ1v) is 34.5. The number of likely N-dealkylation sites (tertiary alicyclic amines) is 2. The smallest absolute Gasteiger partial charge is 0.536 e. The zero-order valence-electron chi connectivity index (χ0n) is 60.6. The normalized spacial score (nSPS) is 15.0. The van der Waals surface area contributed by atoms with Crippen molar-refractivity contribution < 1.29 is 62.4 Å². The van der Waals surface area contributed by atoms with E-state index in [1.165, 1.54) is 79.3 Å². The van der Waals surface area contributed by atoms with Gasteiger partial charge in [-0.05, 0) is 234 Å². The maximum Gasteiger partial charge on any atom is 0.569 e. The lowest BCUT2D eigenvalue weighted by molar-refractivity contribution is -0.385. The molecule has 1 saturated carbocycles. The highest BCUT2D eigenvalue weighted by Gasteiger charge is 2.31. The number of benzene rings is 5. The van der Waals surface area contributed by atoms with Crippen LogP contribution in [0.15, 0.2) is 175 Å². The molecule has 0 spiro atoms. The molecule has 1 unspecified atom stereocenters. The average molecular weight is 1470 g/mol. The number of carbonyl (C=O) groups is 4. The summed E-state index contributed by atoms with van der Waals surface area (Å²) in [6.45, 7) is 24.4. The van der Waals surface area contributed by atoms with E-state index in [0.29, 0.717) is 25.3 Å². The number of halogens is 1. The third-order valence-electron chi connectivity index (χ3n) is 14.9. The quantitative estimate of drug-likeness (QED) is 0.0209. The summed E-state index contributed by atoms with van der Waals surface area (Å²) in [5, 5.41) is 28.7. The van der Waals surface area contributed by atoms with Crippen LogP contribution in [0.4, 0.5) is 47.6 Å². The van der Waals surface area contributed by atoms with E-state index in [0.717, 1.165) is 90.4 Å². The van der Waals surface area contributed by atoms with Crippen molar-refractivity contribution >= 4 is 76.5 Å². The number of nitrogens with zero attached hydrogens (tertiary/aromatic N) is 6. The first-order chi connectivity index (χ1) is 48.0. The average Bonchev–Trinajstić information content (AvgIpc) is 0.879. The highest BCUT2D eigenvalue weighted by atomic mass is 79.9. The monoisotopic (exact) mass is 1470 g/mol. The number of hydrogen-bond donors (Lipinski definition) is 4. The number of rotatable bonds is 8. The zero-order chi connectivity index (χ0) is 75.6. The van der Waals surface area contributed by atoms with Crippen LogP contribution in [0.2, 0.25) is 0 Å². The van der Waals surface area contributed by atoms with E-state index in [2.05, 4.69) is 71.7 Å². The van der Waals surface area contributed by atoms with Gasteiger partial charge in [0.15, 0.2) is 0 Å². The Balaban J connectivity index is 0.000000256. The van der Waals surface area contributed by atoms with E-state index in [1.807, 2.05) is 99.9 Å². The van der Waals surface area contributed by atoms with Crippen LogP contribution in [-0.2, 0) is 23.7 Å². The number of nitro benzene ring substituents is 2. The molecule has 5 aromatic carbocycles. The number of nitro groups is 2. The van der Waals surface area contributed by atoms with Crippen molar-refractivity contribution in [2.75, 3.05) is 43.4 Å². The molecule has 3 aliphatic rings. The molecule has 3 fully saturated rings.